The Bertz CT molecular complexity index is 477. The van der Waals surface area contributed by atoms with Gasteiger partial charge in [-0.1, -0.05) is 37.3 Å². The van der Waals surface area contributed by atoms with Crippen LogP contribution in [0, 0.1) is 0 Å². The van der Waals surface area contributed by atoms with Crippen LogP contribution in [0.2, 0.25) is 0 Å². The van der Waals surface area contributed by atoms with E-state index in [1.165, 1.54) is 5.56 Å². The molecule has 3 nitrogen and oxygen atoms in total. The summed E-state index contributed by atoms with van der Waals surface area (Å²) in [6, 6.07) is 8.20. The zero-order valence-corrected chi connectivity index (χ0v) is 10.1. The molecule has 0 unspecified atom stereocenters. The predicted octanol–water partition coefficient (Wildman–Crippen LogP) is 3.13. The van der Waals surface area contributed by atoms with Crippen LogP contribution in [-0.4, -0.2) is 15.0 Å². The summed E-state index contributed by atoms with van der Waals surface area (Å²) >= 11 is 5.71. The van der Waals surface area contributed by atoms with Gasteiger partial charge in [-0.05, 0) is 17.5 Å². The first-order valence-corrected chi connectivity index (χ1v) is 5.82. The third-order valence-corrected chi connectivity index (χ3v) is 2.76. The van der Waals surface area contributed by atoms with E-state index in [4.69, 9.17) is 11.6 Å². The second kappa shape index (κ2) is 4.66. The lowest BCUT2D eigenvalue weighted by Gasteiger charge is -2.11. The van der Waals surface area contributed by atoms with E-state index in [0.717, 1.165) is 11.4 Å². The quantitative estimate of drug-likeness (QED) is 0.766. The molecule has 0 radical (unpaired) electrons. The van der Waals surface area contributed by atoms with Crippen molar-refractivity contribution in [1.82, 2.24) is 15.0 Å². The fourth-order valence-electron chi connectivity index (χ4n) is 1.66. The van der Waals surface area contributed by atoms with Gasteiger partial charge >= 0.3 is 0 Å². The standard InChI is InChI=1S/C12H14ClN3/c1-9(2)11-5-3-4-6-12(11)16-8-10(7-13)14-15-16/h3-6,8-9H,7H2,1-2H3. The van der Waals surface area contributed by atoms with Crippen molar-refractivity contribution in [2.75, 3.05) is 0 Å². The van der Waals surface area contributed by atoms with Crippen molar-refractivity contribution in [3.05, 3.63) is 41.7 Å². The summed E-state index contributed by atoms with van der Waals surface area (Å²) < 4.78 is 1.78. The van der Waals surface area contributed by atoms with Gasteiger partial charge in [-0.3, -0.25) is 0 Å². The SMILES string of the molecule is CC(C)c1ccccc1-n1cc(CCl)nn1. The largest absolute Gasteiger partial charge is 0.220 e. The molecule has 0 N–H and O–H groups in total. The summed E-state index contributed by atoms with van der Waals surface area (Å²) in [5, 5.41) is 8.08. The van der Waals surface area contributed by atoms with Gasteiger partial charge in [-0.25, -0.2) is 4.68 Å². The first kappa shape index (κ1) is 11.1. The number of hydrogen-bond donors (Lipinski definition) is 0. The van der Waals surface area contributed by atoms with Gasteiger partial charge in [0.2, 0.25) is 0 Å². The van der Waals surface area contributed by atoms with E-state index < -0.39 is 0 Å². The third-order valence-electron chi connectivity index (χ3n) is 2.48. The Morgan fingerprint density at radius 2 is 2.06 bits per heavy atom. The maximum Gasteiger partial charge on any atom is 0.0979 e. The number of benzene rings is 1. The van der Waals surface area contributed by atoms with Crippen molar-refractivity contribution in [2.45, 2.75) is 25.6 Å². The minimum absolute atomic E-state index is 0.393. The van der Waals surface area contributed by atoms with Crippen molar-refractivity contribution in [1.29, 1.82) is 0 Å². The first-order chi connectivity index (χ1) is 7.72. The second-order valence-corrected chi connectivity index (χ2v) is 4.27. The average Bonchev–Trinajstić information content (AvgIpc) is 2.77. The summed E-state index contributed by atoms with van der Waals surface area (Å²) in [6.45, 7) is 4.33. The van der Waals surface area contributed by atoms with Crippen molar-refractivity contribution in [3.8, 4) is 5.69 Å². The molecule has 84 valence electrons. The summed E-state index contributed by atoms with van der Waals surface area (Å²) in [7, 11) is 0. The number of para-hydroxylation sites is 1. The molecule has 1 aromatic heterocycles. The van der Waals surface area contributed by atoms with Gasteiger partial charge in [0.05, 0.1) is 23.5 Å². The van der Waals surface area contributed by atoms with Crippen LogP contribution in [0.25, 0.3) is 5.69 Å². The van der Waals surface area contributed by atoms with E-state index in [9.17, 15) is 0 Å². The lowest BCUT2D eigenvalue weighted by Crippen LogP contribution is -2.01. The Hall–Kier alpha value is -1.35. The molecular weight excluding hydrogens is 222 g/mol. The molecule has 16 heavy (non-hydrogen) atoms. The lowest BCUT2D eigenvalue weighted by atomic mass is 10.0. The molecular formula is C12H14ClN3. The van der Waals surface area contributed by atoms with E-state index in [1.807, 2.05) is 24.4 Å². The molecule has 0 aliphatic heterocycles. The average molecular weight is 236 g/mol. The Balaban J connectivity index is 2.46. The number of rotatable bonds is 3. The molecule has 0 aliphatic carbocycles. The van der Waals surface area contributed by atoms with Gasteiger partial charge in [0.25, 0.3) is 0 Å². The predicted molar refractivity (Wildman–Crippen MR) is 65.0 cm³/mol. The van der Waals surface area contributed by atoms with Gasteiger partial charge < -0.3 is 0 Å². The first-order valence-electron chi connectivity index (χ1n) is 5.29. The van der Waals surface area contributed by atoms with Gasteiger partial charge in [0, 0.05) is 0 Å². The van der Waals surface area contributed by atoms with Crippen LogP contribution in [0.5, 0.6) is 0 Å². The molecule has 2 rings (SSSR count). The summed E-state index contributed by atoms with van der Waals surface area (Å²) in [5.41, 5.74) is 3.12. The lowest BCUT2D eigenvalue weighted by molar-refractivity contribution is 0.769. The van der Waals surface area contributed by atoms with Crippen LogP contribution in [0.3, 0.4) is 0 Å². The third kappa shape index (κ3) is 2.09. The Kier molecular flexibility index (Phi) is 3.25. The molecule has 0 atom stereocenters. The molecule has 0 amide bonds. The van der Waals surface area contributed by atoms with Crippen molar-refractivity contribution >= 4 is 11.6 Å². The van der Waals surface area contributed by atoms with E-state index in [2.05, 4.69) is 30.2 Å². The molecule has 0 saturated heterocycles. The molecule has 4 heteroatoms. The maximum absolute atomic E-state index is 5.71. The number of nitrogens with zero attached hydrogens (tertiary/aromatic N) is 3. The number of hydrogen-bond acceptors (Lipinski definition) is 2. The molecule has 0 fully saturated rings. The van der Waals surface area contributed by atoms with Gasteiger partial charge in [0.15, 0.2) is 0 Å². The second-order valence-electron chi connectivity index (χ2n) is 4.00. The minimum Gasteiger partial charge on any atom is -0.220 e. The highest BCUT2D eigenvalue weighted by Gasteiger charge is 2.09. The smallest absolute Gasteiger partial charge is 0.0979 e. The normalized spacial score (nSPS) is 11.0. The van der Waals surface area contributed by atoms with Crippen LogP contribution in [0.15, 0.2) is 30.5 Å². The fourth-order valence-corrected chi connectivity index (χ4v) is 1.78. The Morgan fingerprint density at radius 1 is 1.31 bits per heavy atom. The number of alkyl halides is 1. The van der Waals surface area contributed by atoms with E-state index in [0.29, 0.717) is 11.8 Å². The van der Waals surface area contributed by atoms with Crippen LogP contribution >= 0.6 is 11.6 Å². The van der Waals surface area contributed by atoms with Crippen molar-refractivity contribution < 1.29 is 0 Å². The molecule has 1 aromatic carbocycles. The van der Waals surface area contributed by atoms with Crippen LogP contribution in [0.1, 0.15) is 31.0 Å². The number of aromatic nitrogens is 3. The van der Waals surface area contributed by atoms with Crippen molar-refractivity contribution in [2.24, 2.45) is 0 Å². The zero-order chi connectivity index (χ0) is 11.5. The highest BCUT2D eigenvalue weighted by atomic mass is 35.5. The molecule has 2 aromatic rings. The molecule has 0 saturated carbocycles. The summed E-state index contributed by atoms with van der Waals surface area (Å²) in [4.78, 5) is 0. The van der Waals surface area contributed by atoms with Crippen LogP contribution < -0.4 is 0 Å². The monoisotopic (exact) mass is 235 g/mol. The fraction of sp³-hybridized carbons (Fsp3) is 0.333. The topological polar surface area (TPSA) is 30.7 Å². The molecule has 0 aliphatic rings. The highest BCUT2D eigenvalue weighted by Crippen LogP contribution is 2.22. The molecule has 1 heterocycles. The van der Waals surface area contributed by atoms with Gasteiger partial charge in [0.1, 0.15) is 0 Å². The maximum atomic E-state index is 5.71. The Morgan fingerprint density at radius 3 is 2.69 bits per heavy atom. The van der Waals surface area contributed by atoms with Gasteiger partial charge in [-0.2, -0.15) is 0 Å². The highest BCUT2D eigenvalue weighted by molar-refractivity contribution is 6.16. The van der Waals surface area contributed by atoms with Crippen LogP contribution in [-0.2, 0) is 5.88 Å². The minimum atomic E-state index is 0.393. The van der Waals surface area contributed by atoms with E-state index in [-0.39, 0.29) is 0 Å². The van der Waals surface area contributed by atoms with Crippen molar-refractivity contribution in [3.63, 3.8) is 0 Å². The molecule has 0 spiro atoms. The molecule has 0 bridgehead atoms. The summed E-state index contributed by atoms with van der Waals surface area (Å²) in [6.07, 6.45) is 1.87. The Labute approximate surface area is 100 Å². The van der Waals surface area contributed by atoms with E-state index >= 15 is 0 Å². The number of halogens is 1. The summed E-state index contributed by atoms with van der Waals surface area (Å²) in [5.74, 6) is 0.851. The van der Waals surface area contributed by atoms with Crippen LogP contribution in [0.4, 0.5) is 0 Å². The van der Waals surface area contributed by atoms with E-state index in [1.54, 1.807) is 4.68 Å². The van der Waals surface area contributed by atoms with Gasteiger partial charge in [-0.15, -0.1) is 16.7 Å². The zero-order valence-electron chi connectivity index (χ0n) is 9.39.